The van der Waals surface area contributed by atoms with Gasteiger partial charge in [0.1, 0.15) is 11.5 Å². The van der Waals surface area contributed by atoms with Gasteiger partial charge < -0.3 is 19.7 Å². The summed E-state index contributed by atoms with van der Waals surface area (Å²) in [5.74, 6) is 4.16. The van der Waals surface area contributed by atoms with E-state index in [4.69, 9.17) is 9.47 Å². The zero-order valence-electron chi connectivity index (χ0n) is 17.2. The summed E-state index contributed by atoms with van der Waals surface area (Å²) in [7, 11) is 3.18. The summed E-state index contributed by atoms with van der Waals surface area (Å²) in [6.45, 7) is 0.390. The molecule has 6 atom stereocenters. The van der Waals surface area contributed by atoms with E-state index < -0.39 is 0 Å². The quantitative estimate of drug-likeness (QED) is 0.828. The summed E-state index contributed by atoms with van der Waals surface area (Å²) in [4.78, 5) is 27.4. The summed E-state index contributed by atoms with van der Waals surface area (Å²) >= 11 is 0. The molecule has 2 amide bonds. The van der Waals surface area contributed by atoms with Gasteiger partial charge in [-0.25, -0.2) is 0 Å². The summed E-state index contributed by atoms with van der Waals surface area (Å²) in [6, 6.07) is 5.70. The van der Waals surface area contributed by atoms with Gasteiger partial charge in [-0.2, -0.15) is 0 Å². The number of ether oxygens (including phenoxy) is 2. The van der Waals surface area contributed by atoms with Crippen molar-refractivity contribution in [3.8, 4) is 11.5 Å². The molecule has 0 spiro atoms. The first-order chi connectivity index (χ1) is 14.1. The number of methoxy groups -OCH3 is 2. The Hall–Kier alpha value is -2.24. The minimum atomic E-state index is -0.308. The van der Waals surface area contributed by atoms with E-state index in [1.165, 1.54) is 25.7 Å². The van der Waals surface area contributed by atoms with Crippen molar-refractivity contribution in [3.05, 3.63) is 18.2 Å². The van der Waals surface area contributed by atoms with Gasteiger partial charge in [0.25, 0.3) is 0 Å². The highest BCUT2D eigenvalue weighted by molar-refractivity contribution is 6.01. The number of hydrogen-bond acceptors (Lipinski definition) is 4. The molecule has 1 aromatic rings. The average molecular weight is 399 g/mol. The first-order valence-electron chi connectivity index (χ1n) is 10.9. The maximum absolute atomic E-state index is 13.0. The van der Waals surface area contributed by atoms with Crippen LogP contribution in [0.4, 0.5) is 5.69 Å². The molecule has 4 fully saturated rings. The molecule has 29 heavy (non-hydrogen) atoms. The van der Waals surface area contributed by atoms with Crippen molar-refractivity contribution in [1.82, 2.24) is 5.32 Å². The molecule has 0 unspecified atom stereocenters. The molecule has 1 heterocycles. The standard InChI is InChI=1S/C23H30N2O4/c1-28-15-6-7-21(29-2)20(11-15)25-12-14(10-22(25)26)23(27)24-19-9-13-8-18(19)17-5-3-4-16(13)17/h6-7,11,13-14,16-19H,3-5,8-10,12H2,1-2H3,(H,24,27)/t13-,14-,16+,17-,18+,19-/m1/s1. The molecule has 6 nitrogen and oxygen atoms in total. The molecule has 1 aliphatic heterocycles. The molecule has 3 saturated carbocycles. The van der Waals surface area contributed by atoms with Gasteiger partial charge in [-0.15, -0.1) is 0 Å². The minimum absolute atomic E-state index is 0.0369. The van der Waals surface area contributed by atoms with Crippen LogP contribution in [0, 0.1) is 29.6 Å². The fraction of sp³-hybridized carbons (Fsp3) is 0.652. The van der Waals surface area contributed by atoms with Crippen LogP contribution in [0.5, 0.6) is 11.5 Å². The van der Waals surface area contributed by atoms with Crippen molar-refractivity contribution in [1.29, 1.82) is 0 Å². The average Bonchev–Trinajstić information content (AvgIpc) is 3.49. The largest absolute Gasteiger partial charge is 0.497 e. The molecule has 3 aliphatic carbocycles. The van der Waals surface area contributed by atoms with Gasteiger partial charge in [0.05, 0.1) is 25.8 Å². The predicted octanol–water partition coefficient (Wildman–Crippen LogP) is 3.00. The number of nitrogens with zero attached hydrogens (tertiary/aromatic N) is 1. The maximum Gasteiger partial charge on any atom is 0.227 e. The number of carbonyl (C=O) groups excluding carboxylic acids is 2. The smallest absolute Gasteiger partial charge is 0.227 e. The number of carbonyl (C=O) groups is 2. The van der Waals surface area contributed by atoms with Crippen molar-refractivity contribution in [3.63, 3.8) is 0 Å². The number of nitrogens with one attached hydrogen (secondary N) is 1. The zero-order valence-corrected chi connectivity index (χ0v) is 17.2. The molecule has 6 heteroatoms. The van der Waals surface area contributed by atoms with Crippen LogP contribution in [-0.4, -0.2) is 38.6 Å². The Kier molecular flexibility index (Phi) is 4.67. The highest BCUT2D eigenvalue weighted by Crippen LogP contribution is 2.58. The highest BCUT2D eigenvalue weighted by atomic mass is 16.5. The van der Waals surface area contributed by atoms with Crippen molar-refractivity contribution >= 4 is 17.5 Å². The van der Waals surface area contributed by atoms with E-state index in [9.17, 15) is 9.59 Å². The Morgan fingerprint density at radius 2 is 1.93 bits per heavy atom. The molecular formula is C23H30N2O4. The van der Waals surface area contributed by atoms with Crippen molar-refractivity contribution in [2.75, 3.05) is 25.7 Å². The van der Waals surface area contributed by atoms with Gasteiger partial charge in [0.15, 0.2) is 0 Å². The first-order valence-corrected chi connectivity index (χ1v) is 10.9. The zero-order chi connectivity index (χ0) is 20.1. The van der Waals surface area contributed by atoms with E-state index in [1.54, 1.807) is 37.3 Å². The van der Waals surface area contributed by atoms with Gasteiger partial charge in [0.2, 0.25) is 11.8 Å². The molecule has 2 bridgehead atoms. The van der Waals surface area contributed by atoms with Gasteiger partial charge in [0, 0.05) is 25.1 Å². The molecular weight excluding hydrogens is 368 g/mol. The van der Waals surface area contributed by atoms with Crippen LogP contribution >= 0.6 is 0 Å². The first kappa shape index (κ1) is 18.8. The molecule has 156 valence electrons. The van der Waals surface area contributed by atoms with Gasteiger partial charge in [-0.05, 0) is 61.5 Å². The normalized spacial score (nSPS) is 35.1. The molecule has 4 aliphatic rings. The number of fused-ring (bicyclic) bond motifs is 5. The van der Waals surface area contributed by atoms with E-state index in [-0.39, 0.29) is 24.2 Å². The highest BCUT2D eigenvalue weighted by Gasteiger charge is 2.54. The van der Waals surface area contributed by atoms with Crippen LogP contribution in [0.1, 0.15) is 38.5 Å². The van der Waals surface area contributed by atoms with Crippen molar-refractivity contribution < 1.29 is 19.1 Å². The Morgan fingerprint density at radius 1 is 1.10 bits per heavy atom. The Labute approximate surface area is 171 Å². The lowest BCUT2D eigenvalue weighted by atomic mass is 9.79. The molecule has 0 aromatic heterocycles. The van der Waals surface area contributed by atoms with Crippen LogP contribution in [0.3, 0.4) is 0 Å². The monoisotopic (exact) mass is 398 g/mol. The fourth-order valence-electron chi connectivity index (χ4n) is 6.66. The third kappa shape index (κ3) is 3.08. The second-order valence-corrected chi connectivity index (χ2v) is 9.21. The van der Waals surface area contributed by atoms with E-state index in [0.29, 0.717) is 35.7 Å². The van der Waals surface area contributed by atoms with Gasteiger partial charge in [-0.1, -0.05) is 6.42 Å². The Bertz CT molecular complexity index is 825. The SMILES string of the molecule is COc1ccc(OC)c(N2C[C@H](C(=O)N[C@@H]3C[C@H]4C[C@H]3[C@@H]3CCC[C@@H]43)CC2=O)c1. The van der Waals surface area contributed by atoms with Crippen LogP contribution < -0.4 is 19.7 Å². The maximum atomic E-state index is 13.0. The third-order valence-electron chi connectivity index (χ3n) is 7.93. The van der Waals surface area contributed by atoms with Crippen molar-refractivity contribution in [2.24, 2.45) is 29.6 Å². The number of amides is 2. The van der Waals surface area contributed by atoms with Crippen LogP contribution in [-0.2, 0) is 9.59 Å². The number of anilines is 1. The van der Waals surface area contributed by atoms with Crippen LogP contribution in [0.25, 0.3) is 0 Å². The second kappa shape index (κ2) is 7.22. The summed E-state index contributed by atoms with van der Waals surface area (Å²) in [6.07, 6.45) is 6.75. The Morgan fingerprint density at radius 3 is 2.72 bits per heavy atom. The summed E-state index contributed by atoms with van der Waals surface area (Å²) in [5, 5.41) is 3.33. The summed E-state index contributed by atoms with van der Waals surface area (Å²) < 4.78 is 10.7. The number of benzene rings is 1. The van der Waals surface area contributed by atoms with E-state index >= 15 is 0 Å². The third-order valence-corrected chi connectivity index (χ3v) is 7.93. The predicted molar refractivity (Wildman–Crippen MR) is 109 cm³/mol. The van der Waals surface area contributed by atoms with Crippen LogP contribution in [0.15, 0.2) is 18.2 Å². The van der Waals surface area contributed by atoms with Crippen molar-refractivity contribution in [2.45, 2.75) is 44.6 Å². The molecule has 1 saturated heterocycles. The fourth-order valence-corrected chi connectivity index (χ4v) is 6.66. The van der Waals surface area contributed by atoms with E-state index in [2.05, 4.69) is 5.32 Å². The number of hydrogen-bond donors (Lipinski definition) is 1. The number of rotatable bonds is 5. The second-order valence-electron chi connectivity index (χ2n) is 9.21. The summed E-state index contributed by atoms with van der Waals surface area (Å²) in [5.41, 5.74) is 0.667. The molecule has 0 radical (unpaired) electrons. The topological polar surface area (TPSA) is 67.9 Å². The van der Waals surface area contributed by atoms with Gasteiger partial charge in [-0.3, -0.25) is 9.59 Å². The lowest BCUT2D eigenvalue weighted by molar-refractivity contribution is -0.127. The lowest BCUT2D eigenvalue weighted by Gasteiger charge is -2.32. The Balaban J connectivity index is 1.27. The van der Waals surface area contributed by atoms with E-state index in [1.807, 2.05) is 0 Å². The van der Waals surface area contributed by atoms with E-state index in [0.717, 1.165) is 24.2 Å². The molecule has 1 N–H and O–H groups in total. The van der Waals surface area contributed by atoms with Gasteiger partial charge >= 0.3 is 0 Å². The minimum Gasteiger partial charge on any atom is -0.497 e. The van der Waals surface area contributed by atoms with Crippen LogP contribution in [0.2, 0.25) is 0 Å². The molecule has 1 aromatic carbocycles. The lowest BCUT2D eigenvalue weighted by Crippen LogP contribution is -2.45. The molecule has 5 rings (SSSR count).